The van der Waals surface area contributed by atoms with Crippen molar-refractivity contribution in [1.29, 1.82) is 0 Å². The average molecular weight is 409 g/mol. The first-order valence-corrected chi connectivity index (χ1v) is 10.6. The van der Waals surface area contributed by atoms with Gasteiger partial charge in [-0.3, -0.25) is 4.79 Å². The lowest BCUT2D eigenvalue weighted by Crippen LogP contribution is -2.32. The highest BCUT2D eigenvalue weighted by molar-refractivity contribution is 7.09. The predicted octanol–water partition coefficient (Wildman–Crippen LogP) is 4.84. The van der Waals surface area contributed by atoms with Gasteiger partial charge in [0.05, 0.1) is 19.3 Å². The second-order valence-electron chi connectivity index (χ2n) is 7.23. The van der Waals surface area contributed by atoms with Gasteiger partial charge in [-0.05, 0) is 56.2 Å². The van der Waals surface area contributed by atoms with Crippen molar-refractivity contribution in [1.82, 2.24) is 9.88 Å². The predicted molar refractivity (Wildman–Crippen MR) is 114 cm³/mol. The minimum atomic E-state index is 0.0422. The van der Waals surface area contributed by atoms with E-state index in [4.69, 9.17) is 9.47 Å². The summed E-state index contributed by atoms with van der Waals surface area (Å²) in [6, 6.07) is 15.6. The molecule has 1 aromatic heterocycles. The van der Waals surface area contributed by atoms with Crippen molar-refractivity contribution in [2.24, 2.45) is 0 Å². The summed E-state index contributed by atoms with van der Waals surface area (Å²) in [5.74, 6) is 1.62. The number of thiazole rings is 1. The Morgan fingerprint density at radius 1 is 1.10 bits per heavy atom. The van der Waals surface area contributed by atoms with Crippen LogP contribution in [0.5, 0.6) is 11.5 Å². The molecule has 0 N–H and O–H groups in total. The van der Waals surface area contributed by atoms with Gasteiger partial charge in [0.25, 0.3) is 5.91 Å². The topological polar surface area (TPSA) is 51.7 Å². The highest BCUT2D eigenvalue weighted by Gasteiger charge is 2.33. The number of nitrogens with zero attached hydrogens (tertiary/aromatic N) is 2. The number of aromatic nitrogens is 1. The van der Waals surface area contributed by atoms with Gasteiger partial charge in [0, 0.05) is 17.0 Å². The van der Waals surface area contributed by atoms with Gasteiger partial charge in [0.15, 0.2) is 0 Å². The standard InChI is InChI=1S/C23H24N2O3S/c1-16-3-9-21(10-4-16)28-14-22-24-18(15-29-22)13-25(19-7-8-19)23(26)17-5-11-20(27-2)12-6-17/h3-6,9-12,15,19H,7-8,13-14H2,1-2H3. The van der Waals surface area contributed by atoms with Gasteiger partial charge >= 0.3 is 0 Å². The fourth-order valence-electron chi connectivity index (χ4n) is 3.09. The molecule has 0 atom stereocenters. The van der Waals surface area contributed by atoms with Crippen molar-refractivity contribution in [3.63, 3.8) is 0 Å². The number of carbonyl (C=O) groups excluding carboxylic acids is 1. The summed E-state index contributed by atoms with van der Waals surface area (Å²) < 4.78 is 11.0. The molecule has 6 heteroatoms. The fourth-order valence-corrected chi connectivity index (χ4v) is 3.79. The molecule has 1 aliphatic rings. The van der Waals surface area contributed by atoms with Crippen molar-refractivity contribution >= 4 is 17.2 Å². The number of benzene rings is 2. The third kappa shape index (κ3) is 4.95. The molecule has 1 saturated carbocycles. The molecule has 1 fully saturated rings. The normalized spacial score (nSPS) is 13.2. The Morgan fingerprint density at radius 2 is 1.79 bits per heavy atom. The lowest BCUT2D eigenvalue weighted by atomic mass is 10.2. The summed E-state index contributed by atoms with van der Waals surface area (Å²) in [5, 5.41) is 2.93. The first kappa shape index (κ1) is 19.5. The summed E-state index contributed by atoms with van der Waals surface area (Å²) in [5.41, 5.74) is 2.79. The molecule has 5 nitrogen and oxygen atoms in total. The van der Waals surface area contributed by atoms with Gasteiger partial charge in [-0.25, -0.2) is 4.98 Å². The molecule has 1 heterocycles. The van der Waals surface area contributed by atoms with Crippen LogP contribution in [0.2, 0.25) is 0 Å². The van der Waals surface area contributed by atoms with Crippen molar-refractivity contribution in [2.75, 3.05) is 7.11 Å². The second kappa shape index (κ2) is 8.66. The van der Waals surface area contributed by atoms with Crippen molar-refractivity contribution in [2.45, 2.75) is 39.0 Å². The van der Waals surface area contributed by atoms with Crippen LogP contribution in [-0.2, 0) is 13.2 Å². The minimum absolute atomic E-state index is 0.0422. The molecule has 1 aliphatic carbocycles. The van der Waals surface area contributed by atoms with Crippen LogP contribution in [0.25, 0.3) is 0 Å². The Morgan fingerprint density at radius 3 is 2.45 bits per heavy atom. The van der Waals surface area contributed by atoms with Gasteiger partial charge in [0.2, 0.25) is 0 Å². The third-order valence-corrected chi connectivity index (χ3v) is 5.77. The maximum Gasteiger partial charge on any atom is 0.254 e. The molecule has 0 radical (unpaired) electrons. The zero-order valence-electron chi connectivity index (χ0n) is 16.6. The van der Waals surface area contributed by atoms with Crippen molar-refractivity contribution in [3.8, 4) is 11.5 Å². The Balaban J connectivity index is 1.39. The number of hydrogen-bond acceptors (Lipinski definition) is 5. The van der Waals surface area contributed by atoms with E-state index in [0.717, 1.165) is 35.0 Å². The second-order valence-corrected chi connectivity index (χ2v) is 8.17. The molecule has 0 unspecified atom stereocenters. The van der Waals surface area contributed by atoms with E-state index in [1.54, 1.807) is 18.4 Å². The van der Waals surface area contributed by atoms with Crippen LogP contribution in [0.3, 0.4) is 0 Å². The minimum Gasteiger partial charge on any atom is -0.497 e. The third-order valence-electron chi connectivity index (χ3n) is 4.90. The number of carbonyl (C=O) groups is 1. The largest absolute Gasteiger partial charge is 0.497 e. The fraction of sp³-hybridized carbons (Fsp3) is 0.304. The lowest BCUT2D eigenvalue weighted by molar-refractivity contribution is 0.0728. The van der Waals surface area contributed by atoms with Gasteiger partial charge in [-0.15, -0.1) is 11.3 Å². The Labute approximate surface area is 174 Å². The zero-order valence-corrected chi connectivity index (χ0v) is 17.4. The van der Waals surface area contributed by atoms with Crippen LogP contribution in [0, 0.1) is 6.92 Å². The molecular weight excluding hydrogens is 384 g/mol. The van der Waals surface area contributed by atoms with Crippen molar-refractivity contribution in [3.05, 3.63) is 75.7 Å². The summed E-state index contributed by atoms with van der Waals surface area (Å²) in [6.07, 6.45) is 2.10. The summed E-state index contributed by atoms with van der Waals surface area (Å²) in [7, 11) is 1.62. The molecular formula is C23H24N2O3S. The van der Waals surface area contributed by atoms with Gasteiger partial charge in [-0.2, -0.15) is 0 Å². The molecule has 0 aliphatic heterocycles. The number of ether oxygens (including phenoxy) is 2. The monoisotopic (exact) mass is 408 g/mol. The van der Waals surface area contributed by atoms with E-state index in [1.807, 2.05) is 58.8 Å². The molecule has 29 heavy (non-hydrogen) atoms. The molecule has 2 aromatic carbocycles. The van der Waals surface area contributed by atoms with Crippen LogP contribution in [0.4, 0.5) is 0 Å². The van der Waals surface area contributed by atoms with Gasteiger partial charge in [0.1, 0.15) is 23.1 Å². The number of rotatable bonds is 8. The highest BCUT2D eigenvalue weighted by atomic mass is 32.1. The van der Waals surface area contributed by atoms with E-state index in [1.165, 1.54) is 5.56 Å². The first-order valence-electron chi connectivity index (χ1n) is 9.70. The number of amides is 1. The van der Waals surface area contributed by atoms with E-state index < -0.39 is 0 Å². The molecule has 3 aromatic rings. The van der Waals surface area contributed by atoms with E-state index in [2.05, 4.69) is 11.9 Å². The van der Waals surface area contributed by atoms with Crippen LogP contribution in [0.1, 0.15) is 39.5 Å². The van der Waals surface area contributed by atoms with Crippen LogP contribution in [0.15, 0.2) is 53.9 Å². The zero-order chi connectivity index (χ0) is 20.2. The maximum atomic E-state index is 13.0. The van der Waals surface area contributed by atoms with Crippen LogP contribution < -0.4 is 9.47 Å². The van der Waals surface area contributed by atoms with Crippen LogP contribution >= 0.6 is 11.3 Å². The van der Waals surface area contributed by atoms with E-state index in [9.17, 15) is 4.79 Å². The SMILES string of the molecule is COc1ccc(C(=O)N(Cc2csc(COc3ccc(C)cc3)n2)C2CC2)cc1. The number of methoxy groups -OCH3 is 1. The van der Waals surface area contributed by atoms with E-state index in [0.29, 0.717) is 24.8 Å². The van der Waals surface area contributed by atoms with Crippen molar-refractivity contribution < 1.29 is 14.3 Å². The first-order chi connectivity index (χ1) is 14.1. The van der Waals surface area contributed by atoms with E-state index >= 15 is 0 Å². The van der Waals surface area contributed by atoms with Crippen LogP contribution in [-0.4, -0.2) is 28.9 Å². The summed E-state index contributed by atoms with van der Waals surface area (Å²) in [6.45, 7) is 3.01. The van der Waals surface area contributed by atoms with Gasteiger partial charge in [-0.1, -0.05) is 17.7 Å². The quantitative estimate of drug-likeness (QED) is 0.535. The number of hydrogen-bond donors (Lipinski definition) is 0. The molecule has 1 amide bonds. The number of aryl methyl sites for hydroxylation is 1. The summed E-state index contributed by atoms with van der Waals surface area (Å²) in [4.78, 5) is 19.6. The molecule has 0 saturated heterocycles. The molecule has 4 rings (SSSR count). The Hall–Kier alpha value is -2.86. The summed E-state index contributed by atoms with van der Waals surface area (Å²) >= 11 is 1.57. The molecule has 0 bridgehead atoms. The van der Waals surface area contributed by atoms with Gasteiger partial charge < -0.3 is 14.4 Å². The Kier molecular flexibility index (Phi) is 5.81. The Bertz CT molecular complexity index is 963. The average Bonchev–Trinajstić information content (AvgIpc) is 3.50. The molecule has 150 valence electrons. The smallest absolute Gasteiger partial charge is 0.254 e. The van der Waals surface area contributed by atoms with E-state index in [-0.39, 0.29) is 5.91 Å². The maximum absolute atomic E-state index is 13.0. The highest BCUT2D eigenvalue weighted by Crippen LogP contribution is 2.30. The lowest BCUT2D eigenvalue weighted by Gasteiger charge is -2.21. The molecule has 0 spiro atoms.